The standard InChI is InChI=1S/C28H27ClN4OS/c1-17-8-9-20(29)16-25(17)32-18(2)15-23(19(32)3)27-26(24-7-5-6-14-30-24)31-28(35)33(27)21-10-12-22(34-4)13-11-21/h5-16,26-27H,1-4H3,(H,31,35)/t26-,27+/m0/s1. The van der Waals surface area contributed by atoms with Crippen molar-refractivity contribution >= 4 is 34.6 Å². The van der Waals surface area contributed by atoms with Crippen LogP contribution >= 0.6 is 23.8 Å². The van der Waals surface area contributed by atoms with E-state index >= 15 is 0 Å². The van der Waals surface area contributed by atoms with E-state index in [1.54, 1.807) is 7.11 Å². The monoisotopic (exact) mass is 502 g/mol. The third-order valence-corrected chi connectivity index (χ3v) is 7.20. The lowest BCUT2D eigenvalue weighted by molar-refractivity contribution is 0.415. The molecule has 2 aromatic carbocycles. The van der Waals surface area contributed by atoms with Gasteiger partial charge >= 0.3 is 0 Å². The second-order valence-corrected chi connectivity index (χ2v) is 9.61. The van der Waals surface area contributed by atoms with Crippen molar-refractivity contribution in [3.63, 3.8) is 0 Å². The maximum atomic E-state index is 6.39. The molecule has 2 atom stereocenters. The van der Waals surface area contributed by atoms with Gasteiger partial charge in [0, 0.05) is 34.0 Å². The molecule has 3 heterocycles. The quantitative estimate of drug-likeness (QED) is 0.310. The maximum Gasteiger partial charge on any atom is 0.174 e. The second-order valence-electron chi connectivity index (χ2n) is 8.79. The van der Waals surface area contributed by atoms with Gasteiger partial charge in [0.2, 0.25) is 0 Å². The number of benzene rings is 2. The van der Waals surface area contributed by atoms with Gasteiger partial charge in [0.25, 0.3) is 0 Å². The van der Waals surface area contributed by atoms with Gasteiger partial charge in [0.15, 0.2) is 5.11 Å². The highest BCUT2D eigenvalue weighted by Gasteiger charge is 2.42. The molecule has 5 rings (SSSR count). The number of rotatable bonds is 5. The van der Waals surface area contributed by atoms with Gasteiger partial charge in [-0.15, -0.1) is 0 Å². The van der Waals surface area contributed by atoms with Crippen LogP contribution in [0.2, 0.25) is 5.02 Å². The molecule has 1 N–H and O–H groups in total. The number of nitrogens with one attached hydrogen (secondary N) is 1. The van der Waals surface area contributed by atoms with Crippen molar-refractivity contribution in [1.29, 1.82) is 0 Å². The molecule has 1 aliphatic rings. The number of aromatic nitrogens is 2. The van der Waals surface area contributed by atoms with Crippen molar-refractivity contribution in [2.24, 2.45) is 0 Å². The first-order valence-electron chi connectivity index (χ1n) is 11.5. The van der Waals surface area contributed by atoms with Crippen LogP contribution in [0.5, 0.6) is 5.75 Å². The Bertz CT molecular complexity index is 1380. The van der Waals surface area contributed by atoms with Crippen LogP contribution in [0.1, 0.15) is 40.3 Å². The Hall–Kier alpha value is -3.35. The summed E-state index contributed by atoms with van der Waals surface area (Å²) < 4.78 is 7.65. The molecule has 0 amide bonds. The van der Waals surface area contributed by atoms with Crippen LogP contribution in [0.4, 0.5) is 5.69 Å². The molecule has 1 saturated heterocycles. The lowest BCUT2D eigenvalue weighted by atomic mass is 9.96. The Labute approximate surface area is 216 Å². The summed E-state index contributed by atoms with van der Waals surface area (Å²) in [5.41, 5.74) is 7.64. The summed E-state index contributed by atoms with van der Waals surface area (Å²) >= 11 is 12.3. The lowest BCUT2D eigenvalue weighted by Crippen LogP contribution is -2.29. The Morgan fingerprint density at radius 3 is 2.46 bits per heavy atom. The predicted molar refractivity (Wildman–Crippen MR) is 146 cm³/mol. The van der Waals surface area contributed by atoms with E-state index in [9.17, 15) is 0 Å². The second kappa shape index (κ2) is 9.36. The van der Waals surface area contributed by atoms with Crippen LogP contribution in [-0.2, 0) is 0 Å². The Morgan fingerprint density at radius 1 is 1.00 bits per heavy atom. The molecule has 7 heteroatoms. The summed E-state index contributed by atoms with van der Waals surface area (Å²) in [6.45, 7) is 6.40. The minimum Gasteiger partial charge on any atom is -0.497 e. The number of pyridine rings is 1. The first-order valence-corrected chi connectivity index (χ1v) is 12.3. The minimum absolute atomic E-state index is 0.0924. The zero-order valence-corrected chi connectivity index (χ0v) is 21.7. The van der Waals surface area contributed by atoms with Gasteiger partial charge in [0.05, 0.1) is 24.9 Å². The number of hydrogen-bond donors (Lipinski definition) is 1. The van der Waals surface area contributed by atoms with Gasteiger partial charge in [-0.2, -0.15) is 0 Å². The largest absolute Gasteiger partial charge is 0.497 e. The number of aryl methyl sites for hydroxylation is 2. The predicted octanol–water partition coefficient (Wildman–Crippen LogP) is 6.64. The minimum atomic E-state index is -0.111. The molecule has 1 fully saturated rings. The molecule has 5 nitrogen and oxygen atoms in total. The van der Waals surface area contributed by atoms with E-state index in [1.165, 1.54) is 5.56 Å². The van der Waals surface area contributed by atoms with Gasteiger partial charge in [0.1, 0.15) is 5.75 Å². The third-order valence-electron chi connectivity index (χ3n) is 6.65. The summed E-state index contributed by atoms with van der Waals surface area (Å²) in [7, 11) is 1.67. The number of methoxy groups -OCH3 is 1. The highest BCUT2D eigenvalue weighted by Crippen LogP contribution is 2.44. The average Bonchev–Trinajstić information content (AvgIpc) is 3.36. The first-order chi connectivity index (χ1) is 16.9. The molecular formula is C28H27ClN4OS. The summed E-state index contributed by atoms with van der Waals surface area (Å²) in [6.07, 6.45) is 1.83. The number of halogens is 1. The van der Waals surface area contributed by atoms with Crippen LogP contribution in [0.25, 0.3) is 5.69 Å². The highest BCUT2D eigenvalue weighted by molar-refractivity contribution is 7.80. The van der Waals surface area contributed by atoms with Crippen molar-refractivity contribution in [2.75, 3.05) is 12.0 Å². The molecule has 1 aliphatic heterocycles. The average molecular weight is 503 g/mol. The molecule has 0 spiro atoms. The van der Waals surface area contributed by atoms with Crippen LogP contribution in [0, 0.1) is 20.8 Å². The topological polar surface area (TPSA) is 42.3 Å². The molecule has 0 bridgehead atoms. The summed E-state index contributed by atoms with van der Waals surface area (Å²) in [6, 6.07) is 22.1. The SMILES string of the molecule is COc1ccc(N2C(=S)N[C@@H](c3ccccn3)[C@H]2c2cc(C)n(-c3cc(Cl)ccc3C)c2C)cc1. The highest BCUT2D eigenvalue weighted by atomic mass is 35.5. The van der Waals surface area contributed by atoms with E-state index in [0.29, 0.717) is 5.11 Å². The molecule has 4 aromatic rings. The van der Waals surface area contributed by atoms with Crippen molar-refractivity contribution in [1.82, 2.24) is 14.9 Å². The molecule has 178 valence electrons. The van der Waals surface area contributed by atoms with Gasteiger partial charge in [-0.3, -0.25) is 4.98 Å². The number of thiocarbonyl (C=S) groups is 1. The fraction of sp³-hybridized carbons (Fsp3) is 0.214. The number of anilines is 1. The molecule has 2 aromatic heterocycles. The number of nitrogens with zero attached hydrogens (tertiary/aromatic N) is 3. The zero-order valence-electron chi connectivity index (χ0n) is 20.1. The fourth-order valence-electron chi connectivity index (χ4n) is 4.97. The zero-order chi connectivity index (χ0) is 24.7. The van der Waals surface area contributed by atoms with Crippen LogP contribution in [0.15, 0.2) is 72.9 Å². The third kappa shape index (κ3) is 4.17. The molecule has 0 unspecified atom stereocenters. The van der Waals surface area contributed by atoms with E-state index in [-0.39, 0.29) is 12.1 Å². The van der Waals surface area contributed by atoms with E-state index in [0.717, 1.165) is 44.8 Å². The van der Waals surface area contributed by atoms with Crippen molar-refractivity contribution in [3.8, 4) is 11.4 Å². The molecular weight excluding hydrogens is 476 g/mol. The summed E-state index contributed by atoms with van der Waals surface area (Å²) in [5, 5.41) is 4.93. The normalized spacial score (nSPS) is 17.5. The van der Waals surface area contributed by atoms with Gasteiger partial charge in [-0.05, 0) is 98.7 Å². The van der Waals surface area contributed by atoms with Gasteiger partial charge in [-0.25, -0.2) is 0 Å². The molecule has 35 heavy (non-hydrogen) atoms. The summed E-state index contributed by atoms with van der Waals surface area (Å²) in [4.78, 5) is 6.86. The van der Waals surface area contributed by atoms with Crippen molar-refractivity contribution < 1.29 is 4.74 Å². The Kier molecular flexibility index (Phi) is 6.26. The van der Waals surface area contributed by atoms with Gasteiger partial charge in [-0.1, -0.05) is 23.7 Å². The van der Waals surface area contributed by atoms with Crippen molar-refractivity contribution in [2.45, 2.75) is 32.9 Å². The lowest BCUT2D eigenvalue weighted by Gasteiger charge is -2.28. The van der Waals surface area contributed by atoms with Crippen LogP contribution in [-0.4, -0.2) is 21.8 Å². The maximum absolute atomic E-state index is 6.39. The number of hydrogen-bond acceptors (Lipinski definition) is 3. The van der Waals surface area contributed by atoms with Crippen LogP contribution in [0.3, 0.4) is 0 Å². The van der Waals surface area contributed by atoms with Gasteiger partial charge < -0.3 is 19.5 Å². The molecule has 0 radical (unpaired) electrons. The first kappa shape index (κ1) is 23.4. The smallest absolute Gasteiger partial charge is 0.174 e. The fourth-order valence-corrected chi connectivity index (χ4v) is 5.49. The Balaban J connectivity index is 1.68. The van der Waals surface area contributed by atoms with E-state index in [1.807, 2.05) is 60.8 Å². The van der Waals surface area contributed by atoms with E-state index < -0.39 is 0 Å². The molecule has 0 aliphatic carbocycles. The number of ether oxygens (including phenoxy) is 1. The van der Waals surface area contributed by atoms with Crippen LogP contribution < -0.4 is 15.0 Å². The van der Waals surface area contributed by atoms with E-state index in [2.05, 4.69) is 52.7 Å². The van der Waals surface area contributed by atoms with Crippen molar-refractivity contribution in [3.05, 3.63) is 106 Å². The molecule has 0 saturated carbocycles. The Morgan fingerprint density at radius 2 is 1.77 bits per heavy atom. The van der Waals surface area contributed by atoms with E-state index in [4.69, 9.17) is 28.6 Å². The summed E-state index contributed by atoms with van der Waals surface area (Å²) in [5.74, 6) is 0.805.